The molecular weight excluding hydrogens is 402 g/mol. The van der Waals surface area contributed by atoms with Crippen LogP contribution in [0.3, 0.4) is 0 Å². The van der Waals surface area contributed by atoms with Crippen LogP contribution in [0.15, 0.2) is 63.6 Å². The lowest BCUT2D eigenvalue weighted by Gasteiger charge is -2.20. The standard InChI is InChI=1S/C21H21N5O3S/c1-3-25(4-2)17-9-5-15(6-10-17)13-19-20(27)23-21(30-19)24-22-14-16-7-11-18(12-8-16)26(28)29/h5-14H,3-4H2,1-2H3,(H,23,24,27)/b19-13+,22-14+. The van der Waals surface area contributed by atoms with E-state index in [-0.39, 0.29) is 11.6 Å². The summed E-state index contributed by atoms with van der Waals surface area (Å²) in [6, 6.07) is 14.0. The molecule has 0 bridgehead atoms. The molecule has 1 saturated heterocycles. The molecule has 2 aromatic carbocycles. The van der Waals surface area contributed by atoms with Crippen molar-refractivity contribution in [3.8, 4) is 0 Å². The van der Waals surface area contributed by atoms with Crippen LogP contribution >= 0.6 is 11.8 Å². The Kier molecular flexibility index (Phi) is 6.97. The van der Waals surface area contributed by atoms with Crippen LogP contribution in [-0.4, -0.2) is 35.3 Å². The molecule has 0 radical (unpaired) electrons. The zero-order valence-corrected chi connectivity index (χ0v) is 17.4. The Bertz CT molecular complexity index is 1010. The van der Waals surface area contributed by atoms with Crippen molar-refractivity contribution < 1.29 is 9.72 Å². The number of amides is 1. The normalized spacial score (nSPS) is 16.4. The third-order valence-corrected chi connectivity index (χ3v) is 5.33. The zero-order valence-electron chi connectivity index (χ0n) is 16.6. The van der Waals surface area contributed by atoms with Crippen molar-refractivity contribution in [1.82, 2.24) is 5.32 Å². The molecule has 2 aromatic rings. The van der Waals surface area contributed by atoms with E-state index in [1.165, 1.54) is 30.1 Å². The number of benzene rings is 2. The summed E-state index contributed by atoms with van der Waals surface area (Å²) >= 11 is 1.21. The largest absolute Gasteiger partial charge is 0.372 e. The molecule has 0 aliphatic carbocycles. The number of nitrogens with one attached hydrogen (secondary N) is 1. The van der Waals surface area contributed by atoms with Crippen molar-refractivity contribution >= 4 is 46.5 Å². The lowest BCUT2D eigenvalue weighted by atomic mass is 10.2. The number of anilines is 1. The first-order chi connectivity index (χ1) is 14.5. The first kappa shape index (κ1) is 21.3. The molecule has 1 N–H and O–H groups in total. The molecule has 1 fully saturated rings. The van der Waals surface area contributed by atoms with Crippen molar-refractivity contribution in [1.29, 1.82) is 0 Å². The highest BCUT2D eigenvalue weighted by Crippen LogP contribution is 2.26. The summed E-state index contributed by atoms with van der Waals surface area (Å²) in [5.74, 6) is -0.225. The lowest BCUT2D eigenvalue weighted by molar-refractivity contribution is -0.384. The molecule has 1 aliphatic heterocycles. The first-order valence-corrected chi connectivity index (χ1v) is 10.2. The second-order valence-electron chi connectivity index (χ2n) is 6.33. The maximum atomic E-state index is 12.2. The van der Waals surface area contributed by atoms with Crippen LogP contribution in [0.1, 0.15) is 25.0 Å². The van der Waals surface area contributed by atoms with Crippen LogP contribution in [0, 0.1) is 10.1 Å². The van der Waals surface area contributed by atoms with E-state index in [1.54, 1.807) is 12.1 Å². The van der Waals surface area contributed by atoms with Crippen LogP contribution in [0.5, 0.6) is 0 Å². The predicted molar refractivity (Wildman–Crippen MR) is 122 cm³/mol. The van der Waals surface area contributed by atoms with Gasteiger partial charge in [0.05, 0.1) is 16.0 Å². The minimum Gasteiger partial charge on any atom is -0.372 e. The minimum absolute atomic E-state index is 0.0111. The number of carbonyl (C=O) groups excluding carboxylic acids is 1. The number of thioether (sulfide) groups is 1. The average Bonchev–Trinajstić information content (AvgIpc) is 3.09. The molecule has 8 nitrogen and oxygen atoms in total. The van der Waals surface area contributed by atoms with Gasteiger partial charge in [0.1, 0.15) is 0 Å². The van der Waals surface area contributed by atoms with Gasteiger partial charge in [0.2, 0.25) is 0 Å². The Hall–Kier alpha value is -3.46. The van der Waals surface area contributed by atoms with Crippen LogP contribution in [0.2, 0.25) is 0 Å². The molecule has 0 saturated carbocycles. The molecule has 154 valence electrons. The van der Waals surface area contributed by atoms with Gasteiger partial charge in [0.25, 0.3) is 11.6 Å². The lowest BCUT2D eigenvalue weighted by Crippen LogP contribution is -2.21. The fourth-order valence-corrected chi connectivity index (χ4v) is 3.61. The molecule has 0 aromatic heterocycles. The highest BCUT2D eigenvalue weighted by atomic mass is 32.2. The Balaban J connectivity index is 1.66. The quantitative estimate of drug-likeness (QED) is 0.314. The van der Waals surface area contributed by atoms with E-state index in [2.05, 4.69) is 34.3 Å². The number of non-ortho nitro benzene ring substituents is 1. The Morgan fingerprint density at radius 3 is 2.30 bits per heavy atom. The number of hydrogen-bond acceptors (Lipinski definition) is 7. The summed E-state index contributed by atoms with van der Waals surface area (Å²) < 4.78 is 0. The minimum atomic E-state index is -0.461. The van der Waals surface area contributed by atoms with Gasteiger partial charge in [-0.2, -0.15) is 5.10 Å². The van der Waals surface area contributed by atoms with Gasteiger partial charge in [0, 0.05) is 30.9 Å². The first-order valence-electron chi connectivity index (χ1n) is 9.41. The van der Waals surface area contributed by atoms with E-state index < -0.39 is 4.92 Å². The molecule has 0 atom stereocenters. The third kappa shape index (κ3) is 5.32. The van der Waals surface area contributed by atoms with Gasteiger partial charge in [-0.05, 0) is 67.1 Å². The second kappa shape index (κ2) is 9.84. The van der Waals surface area contributed by atoms with Crippen molar-refractivity contribution in [2.45, 2.75) is 13.8 Å². The average molecular weight is 423 g/mol. The molecular formula is C21H21N5O3S. The van der Waals surface area contributed by atoms with Crippen LogP contribution in [-0.2, 0) is 4.79 Å². The predicted octanol–water partition coefficient (Wildman–Crippen LogP) is 4.04. The Labute approximate surface area is 178 Å². The number of rotatable bonds is 7. The van der Waals surface area contributed by atoms with Gasteiger partial charge in [-0.15, -0.1) is 5.10 Å². The molecule has 9 heteroatoms. The summed E-state index contributed by atoms with van der Waals surface area (Å²) in [5.41, 5.74) is 2.76. The Morgan fingerprint density at radius 1 is 1.07 bits per heavy atom. The van der Waals surface area contributed by atoms with Crippen molar-refractivity contribution in [2.75, 3.05) is 18.0 Å². The maximum Gasteiger partial charge on any atom is 0.269 e. The van der Waals surface area contributed by atoms with E-state index in [0.29, 0.717) is 15.6 Å². The summed E-state index contributed by atoms with van der Waals surface area (Å²) in [7, 11) is 0. The fourth-order valence-electron chi connectivity index (χ4n) is 2.83. The molecule has 3 rings (SSSR count). The third-order valence-electron chi connectivity index (χ3n) is 4.43. The molecule has 1 heterocycles. The highest BCUT2D eigenvalue weighted by molar-refractivity contribution is 8.18. The zero-order chi connectivity index (χ0) is 21.5. The van der Waals surface area contributed by atoms with Gasteiger partial charge < -0.3 is 4.90 Å². The number of nitro groups is 1. The Morgan fingerprint density at radius 2 is 1.70 bits per heavy atom. The van der Waals surface area contributed by atoms with Crippen molar-refractivity contribution in [2.24, 2.45) is 10.2 Å². The number of hydrogen-bond donors (Lipinski definition) is 1. The highest BCUT2D eigenvalue weighted by Gasteiger charge is 2.23. The molecule has 1 aliphatic rings. The van der Waals surface area contributed by atoms with Crippen LogP contribution < -0.4 is 10.2 Å². The molecule has 0 spiro atoms. The van der Waals surface area contributed by atoms with Gasteiger partial charge in [0.15, 0.2) is 5.17 Å². The number of carbonyl (C=O) groups is 1. The maximum absolute atomic E-state index is 12.2. The summed E-state index contributed by atoms with van der Waals surface area (Å²) in [4.78, 5) is 25.2. The van der Waals surface area contributed by atoms with Crippen molar-refractivity contribution in [3.05, 3.63) is 74.7 Å². The number of amidine groups is 1. The fraction of sp³-hybridized carbons (Fsp3) is 0.190. The smallest absolute Gasteiger partial charge is 0.269 e. The molecule has 1 amide bonds. The van der Waals surface area contributed by atoms with E-state index in [9.17, 15) is 14.9 Å². The van der Waals surface area contributed by atoms with E-state index in [4.69, 9.17) is 0 Å². The number of nitrogens with zero attached hydrogens (tertiary/aromatic N) is 4. The second-order valence-corrected chi connectivity index (χ2v) is 7.36. The van der Waals surface area contributed by atoms with Gasteiger partial charge in [-0.1, -0.05) is 12.1 Å². The molecule has 0 unspecified atom stereocenters. The van der Waals surface area contributed by atoms with E-state index in [0.717, 1.165) is 24.3 Å². The van der Waals surface area contributed by atoms with E-state index in [1.807, 2.05) is 30.3 Å². The van der Waals surface area contributed by atoms with E-state index >= 15 is 0 Å². The summed E-state index contributed by atoms with van der Waals surface area (Å²) in [6.45, 7) is 6.11. The summed E-state index contributed by atoms with van der Waals surface area (Å²) in [5, 5.41) is 21.7. The van der Waals surface area contributed by atoms with Crippen molar-refractivity contribution in [3.63, 3.8) is 0 Å². The SMILES string of the molecule is CCN(CC)c1ccc(/C=C2/S/C(=N\N=C\c3ccc([N+](=O)[O-])cc3)NC2=O)cc1. The monoisotopic (exact) mass is 423 g/mol. The van der Waals surface area contributed by atoms with Gasteiger partial charge >= 0.3 is 0 Å². The number of nitro benzene ring substituents is 1. The van der Waals surface area contributed by atoms with Gasteiger partial charge in [-0.3, -0.25) is 20.2 Å². The summed E-state index contributed by atoms with van der Waals surface area (Å²) in [6.07, 6.45) is 3.28. The topological polar surface area (TPSA) is 100 Å². The van der Waals surface area contributed by atoms with Gasteiger partial charge in [-0.25, -0.2) is 0 Å². The molecule has 30 heavy (non-hydrogen) atoms. The van der Waals surface area contributed by atoms with Crippen LogP contribution in [0.4, 0.5) is 11.4 Å². The van der Waals surface area contributed by atoms with Crippen LogP contribution in [0.25, 0.3) is 6.08 Å².